The Bertz CT molecular complexity index is 662. The van der Waals surface area contributed by atoms with Crippen molar-refractivity contribution in [3.63, 3.8) is 0 Å². The number of nitrogens with zero attached hydrogens (tertiary/aromatic N) is 4. The van der Waals surface area contributed by atoms with Gasteiger partial charge in [-0.2, -0.15) is 5.10 Å². The lowest BCUT2D eigenvalue weighted by Crippen LogP contribution is -2.41. The van der Waals surface area contributed by atoms with Crippen LogP contribution in [0.5, 0.6) is 0 Å². The number of nitrogens with one attached hydrogen (secondary N) is 1. The number of piperidine rings is 1. The first-order valence-electron chi connectivity index (χ1n) is 7.07. The second-order valence-corrected chi connectivity index (χ2v) is 5.87. The van der Waals surface area contributed by atoms with E-state index in [0.717, 1.165) is 31.0 Å². The van der Waals surface area contributed by atoms with Gasteiger partial charge in [0.15, 0.2) is 0 Å². The maximum atomic E-state index is 12.5. The molecule has 0 spiro atoms. The highest BCUT2D eigenvalue weighted by Crippen LogP contribution is 2.23. The molecule has 6 nitrogen and oxygen atoms in total. The summed E-state index contributed by atoms with van der Waals surface area (Å²) in [5.41, 5.74) is 0.534. The Balaban J connectivity index is 1.77. The van der Waals surface area contributed by atoms with Crippen LogP contribution in [0.1, 0.15) is 41.0 Å². The van der Waals surface area contributed by atoms with Crippen LogP contribution in [0.4, 0.5) is 0 Å². The summed E-state index contributed by atoms with van der Waals surface area (Å²) < 4.78 is 1.94. The largest absolute Gasteiger partial charge is 0.356 e. The number of aryl methyl sites for hydroxylation is 2. The number of halogens is 1. The first-order valence-corrected chi connectivity index (χ1v) is 7.45. The van der Waals surface area contributed by atoms with Gasteiger partial charge in [-0.25, -0.2) is 9.67 Å². The molecule has 2 aromatic rings. The summed E-state index contributed by atoms with van der Waals surface area (Å²) >= 11 is 5.87. The number of aromatic amines is 1. The predicted molar refractivity (Wildman–Crippen MR) is 79.5 cm³/mol. The molecular formula is C14H18ClN5O. The van der Waals surface area contributed by atoms with Crippen molar-refractivity contribution in [1.29, 1.82) is 0 Å². The summed E-state index contributed by atoms with van der Waals surface area (Å²) in [6, 6.07) is 1.85. The second kappa shape index (κ2) is 5.52. The van der Waals surface area contributed by atoms with E-state index in [9.17, 15) is 4.79 Å². The number of H-pyrrole nitrogens is 1. The summed E-state index contributed by atoms with van der Waals surface area (Å²) in [6.07, 6.45) is 3.60. The number of rotatable bonds is 2. The average molecular weight is 308 g/mol. The van der Waals surface area contributed by atoms with E-state index < -0.39 is 0 Å². The van der Waals surface area contributed by atoms with Crippen LogP contribution < -0.4 is 0 Å². The lowest BCUT2D eigenvalue weighted by molar-refractivity contribution is 0.0666. The van der Waals surface area contributed by atoms with Crippen molar-refractivity contribution in [3.8, 4) is 0 Å². The SMILES string of the molecule is Cc1nc(C)n([C@H]2CCCN(C(=O)c3cc(Cl)c[nH]3)C2)n1. The Hall–Kier alpha value is -1.82. The second-order valence-electron chi connectivity index (χ2n) is 5.43. The van der Waals surface area contributed by atoms with Crippen LogP contribution in [0.15, 0.2) is 12.3 Å². The van der Waals surface area contributed by atoms with E-state index in [0.29, 0.717) is 17.3 Å². The highest BCUT2D eigenvalue weighted by molar-refractivity contribution is 6.30. The van der Waals surface area contributed by atoms with Gasteiger partial charge in [-0.3, -0.25) is 4.79 Å². The maximum Gasteiger partial charge on any atom is 0.270 e. The van der Waals surface area contributed by atoms with Gasteiger partial charge in [0.25, 0.3) is 5.91 Å². The van der Waals surface area contributed by atoms with Crippen LogP contribution in [-0.2, 0) is 0 Å². The zero-order chi connectivity index (χ0) is 15.0. The van der Waals surface area contributed by atoms with Crippen LogP contribution in [0, 0.1) is 13.8 Å². The molecule has 0 aliphatic carbocycles. The van der Waals surface area contributed by atoms with Crippen molar-refractivity contribution < 1.29 is 4.79 Å². The van der Waals surface area contributed by atoms with E-state index in [2.05, 4.69) is 15.1 Å². The van der Waals surface area contributed by atoms with E-state index in [1.54, 1.807) is 12.3 Å². The molecule has 0 aromatic carbocycles. The Morgan fingerprint density at radius 2 is 2.29 bits per heavy atom. The van der Waals surface area contributed by atoms with Gasteiger partial charge in [0.05, 0.1) is 11.1 Å². The normalized spacial score (nSPS) is 19.0. The third-order valence-electron chi connectivity index (χ3n) is 3.82. The van der Waals surface area contributed by atoms with Gasteiger partial charge in [0.1, 0.15) is 17.3 Å². The Morgan fingerprint density at radius 3 is 2.90 bits per heavy atom. The maximum absolute atomic E-state index is 12.5. The molecule has 0 unspecified atom stereocenters. The Morgan fingerprint density at radius 1 is 1.48 bits per heavy atom. The minimum atomic E-state index is -0.0129. The molecule has 0 radical (unpaired) electrons. The van der Waals surface area contributed by atoms with Crippen LogP contribution in [0.3, 0.4) is 0 Å². The van der Waals surface area contributed by atoms with Gasteiger partial charge in [-0.1, -0.05) is 11.6 Å². The smallest absolute Gasteiger partial charge is 0.270 e. The van der Waals surface area contributed by atoms with Crippen molar-refractivity contribution >= 4 is 17.5 Å². The topological polar surface area (TPSA) is 66.8 Å². The first kappa shape index (κ1) is 14.1. The molecule has 7 heteroatoms. The molecule has 1 amide bonds. The monoisotopic (exact) mass is 307 g/mol. The predicted octanol–water partition coefficient (Wildman–Crippen LogP) is 2.35. The molecule has 3 heterocycles. The van der Waals surface area contributed by atoms with E-state index in [1.165, 1.54) is 0 Å². The third kappa shape index (κ3) is 2.81. The zero-order valence-electron chi connectivity index (χ0n) is 12.1. The lowest BCUT2D eigenvalue weighted by atomic mass is 10.1. The molecule has 0 bridgehead atoms. The minimum Gasteiger partial charge on any atom is -0.356 e. The fourth-order valence-corrected chi connectivity index (χ4v) is 3.05. The highest BCUT2D eigenvalue weighted by Gasteiger charge is 2.27. The molecule has 1 saturated heterocycles. The number of amides is 1. The van der Waals surface area contributed by atoms with E-state index in [1.807, 2.05) is 23.4 Å². The quantitative estimate of drug-likeness (QED) is 0.926. The molecule has 1 N–H and O–H groups in total. The summed E-state index contributed by atoms with van der Waals surface area (Å²) in [4.78, 5) is 21.6. The molecule has 1 atom stereocenters. The van der Waals surface area contributed by atoms with E-state index >= 15 is 0 Å². The number of carbonyl (C=O) groups is 1. The summed E-state index contributed by atoms with van der Waals surface area (Å²) in [7, 11) is 0. The summed E-state index contributed by atoms with van der Waals surface area (Å²) in [5.74, 6) is 1.66. The number of carbonyl (C=O) groups excluding carboxylic acids is 1. The zero-order valence-corrected chi connectivity index (χ0v) is 12.9. The number of aromatic nitrogens is 4. The number of likely N-dealkylation sites (tertiary alicyclic amines) is 1. The number of hydrogen-bond donors (Lipinski definition) is 1. The molecule has 112 valence electrons. The molecule has 3 rings (SSSR count). The van der Waals surface area contributed by atoms with E-state index in [4.69, 9.17) is 11.6 Å². The van der Waals surface area contributed by atoms with Crippen molar-refractivity contribution in [2.75, 3.05) is 13.1 Å². The van der Waals surface area contributed by atoms with Crippen LogP contribution in [0.2, 0.25) is 5.02 Å². The molecule has 0 saturated carbocycles. The van der Waals surface area contributed by atoms with Crippen molar-refractivity contribution in [1.82, 2.24) is 24.6 Å². The van der Waals surface area contributed by atoms with Gasteiger partial charge >= 0.3 is 0 Å². The Kier molecular flexibility index (Phi) is 3.71. The number of hydrogen-bond acceptors (Lipinski definition) is 3. The lowest BCUT2D eigenvalue weighted by Gasteiger charge is -2.32. The standard InChI is InChI=1S/C14H18ClN5O/c1-9-17-10(2)20(18-9)12-4-3-5-19(8-12)14(21)13-6-11(15)7-16-13/h6-7,12,16H,3-5,8H2,1-2H3/t12-/m0/s1. The van der Waals surface area contributed by atoms with Crippen LogP contribution in [-0.4, -0.2) is 43.6 Å². The van der Waals surface area contributed by atoms with Gasteiger partial charge < -0.3 is 9.88 Å². The van der Waals surface area contributed by atoms with Gasteiger partial charge in [0.2, 0.25) is 0 Å². The molecular weight excluding hydrogens is 290 g/mol. The molecule has 1 fully saturated rings. The molecule has 2 aromatic heterocycles. The third-order valence-corrected chi connectivity index (χ3v) is 4.03. The van der Waals surface area contributed by atoms with Gasteiger partial charge in [0, 0.05) is 19.3 Å². The minimum absolute atomic E-state index is 0.0129. The van der Waals surface area contributed by atoms with Crippen LogP contribution in [0.25, 0.3) is 0 Å². The van der Waals surface area contributed by atoms with Gasteiger partial charge in [-0.15, -0.1) is 0 Å². The summed E-state index contributed by atoms with van der Waals surface area (Å²) in [5, 5.41) is 4.99. The van der Waals surface area contributed by atoms with Crippen LogP contribution >= 0.6 is 11.6 Å². The highest BCUT2D eigenvalue weighted by atomic mass is 35.5. The molecule has 1 aliphatic rings. The fraction of sp³-hybridized carbons (Fsp3) is 0.500. The average Bonchev–Trinajstić information content (AvgIpc) is 3.04. The fourth-order valence-electron chi connectivity index (χ4n) is 2.88. The Labute approximate surface area is 128 Å². The molecule has 21 heavy (non-hydrogen) atoms. The van der Waals surface area contributed by atoms with Crippen molar-refractivity contribution in [2.45, 2.75) is 32.7 Å². The van der Waals surface area contributed by atoms with Crippen molar-refractivity contribution in [3.05, 3.63) is 34.6 Å². The first-order chi connectivity index (χ1) is 10.0. The molecule has 1 aliphatic heterocycles. The van der Waals surface area contributed by atoms with E-state index in [-0.39, 0.29) is 11.9 Å². The van der Waals surface area contributed by atoms with Gasteiger partial charge in [-0.05, 0) is 32.8 Å². The summed E-state index contributed by atoms with van der Waals surface area (Å²) in [6.45, 7) is 5.25. The van der Waals surface area contributed by atoms with Crippen molar-refractivity contribution in [2.24, 2.45) is 0 Å².